The molecule has 1 unspecified atom stereocenters. The van der Waals surface area contributed by atoms with Crippen LogP contribution in [0.1, 0.15) is 13.0 Å². The fourth-order valence-corrected chi connectivity index (χ4v) is 2.51. The Morgan fingerprint density at radius 2 is 2.25 bits per heavy atom. The van der Waals surface area contributed by atoms with E-state index in [1.807, 2.05) is 22.3 Å². The van der Waals surface area contributed by atoms with Gasteiger partial charge in [0, 0.05) is 25.0 Å². The zero-order valence-electron chi connectivity index (χ0n) is 10.8. The van der Waals surface area contributed by atoms with E-state index in [-0.39, 0.29) is 11.1 Å². The minimum atomic E-state index is -0.494. The number of benzene rings is 1. The smallest absolute Gasteiger partial charge is 0.201 e. The largest absolute Gasteiger partial charge is 0.369 e. The van der Waals surface area contributed by atoms with Gasteiger partial charge in [0.25, 0.3) is 0 Å². The Balaban J connectivity index is 2.06. The van der Waals surface area contributed by atoms with Crippen molar-refractivity contribution in [3.8, 4) is 0 Å². The van der Waals surface area contributed by atoms with Gasteiger partial charge < -0.3 is 14.9 Å². The molecule has 2 aromatic heterocycles. The molecule has 3 rings (SSSR count). The van der Waals surface area contributed by atoms with Gasteiger partial charge in [0.15, 0.2) is 0 Å². The molecule has 2 heterocycles. The fraction of sp³-hybridized carbons (Fsp3) is 0.231. The topological polar surface area (TPSA) is 61.7 Å². The number of fused-ring (bicyclic) bond motifs is 1. The van der Waals surface area contributed by atoms with Gasteiger partial charge in [-0.25, -0.2) is 14.4 Å². The Labute approximate surface area is 119 Å². The Kier molecular flexibility index (Phi) is 3.10. The van der Waals surface area contributed by atoms with Crippen LogP contribution in [0.2, 0.25) is 5.02 Å². The van der Waals surface area contributed by atoms with Crippen molar-refractivity contribution in [2.24, 2.45) is 0 Å². The van der Waals surface area contributed by atoms with E-state index in [4.69, 9.17) is 17.3 Å². The number of rotatable bonds is 3. The van der Waals surface area contributed by atoms with Gasteiger partial charge in [0.1, 0.15) is 5.82 Å². The van der Waals surface area contributed by atoms with Crippen molar-refractivity contribution in [2.45, 2.75) is 19.5 Å². The molecule has 3 aromatic rings. The molecule has 0 saturated heterocycles. The van der Waals surface area contributed by atoms with Crippen LogP contribution in [0.25, 0.3) is 11.0 Å². The highest BCUT2D eigenvalue weighted by Crippen LogP contribution is 2.28. The van der Waals surface area contributed by atoms with Gasteiger partial charge in [-0.2, -0.15) is 0 Å². The maximum atomic E-state index is 13.5. The highest BCUT2D eigenvalue weighted by molar-refractivity contribution is 6.31. The standard InChI is InChI=1S/C13H13ClFN5/c1-8(6-19-3-2-17-7-19)20-12-4-9(14)10(15)5-11(12)18-13(20)16/h2-5,7-8H,6H2,1H3,(H2,16,18). The van der Waals surface area contributed by atoms with Crippen LogP contribution in [0.5, 0.6) is 0 Å². The molecule has 0 saturated carbocycles. The molecule has 7 heteroatoms. The number of nitrogens with zero attached hydrogens (tertiary/aromatic N) is 4. The van der Waals surface area contributed by atoms with Crippen molar-refractivity contribution in [1.82, 2.24) is 19.1 Å². The summed E-state index contributed by atoms with van der Waals surface area (Å²) in [6, 6.07) is 2.89. The lowest BCUT2D eigenvalue weighted by molar-refractivity contribution is 0.479. The molecule has 5 nitrogen and oxygen atoms in total. The number of nitrogen functional groups attached to an aromatic ring is 1. The van der Waals surface area contributed by atoms with Crippen LogP contribution < -0.4 is 5.73 Å². The summed E-state index contributed by atoms with van der Waals surface area (Å²) < 4.78 is 17.3. The lowest BCUT2D eigenvalue weighted by Crippen LogP contribution is -2.14. The van der Waals surface area contributed by atoms with E-state index in [0.717, 1.165) is 5.52 Å². The first kappa shape index (κ1) is 12.9. The zero-order chi connectivity index (χ0) is 14.3. The Bertz CT molecular complexity index is 750. The third kappa shape index (κ3) is 2.12. The number of hydrogen-bond acceptors (Lipinski definition) is 3. The normalized spacial score (nSPS) is 12.9. The number of nitrogens with two attached hydrogens (primary N) is 1. The molecule has 0 bridgehead atoms. The summed E-state index contributed by atoms with van der Waals surface area (Å²) in [5.41, 5.74) is 7.17. The van der Waals surface area contributed by atoms with Crippen molar-refractivity contribution >= 4 is 28.6 Å². The van der Waals surface area contributed by atoms with E-state index in [1.165, 1.54) is 6.07 Å². The van der Waals surface area contributed by atoms with Crippen molar-refractivity contribution in [3.63, 3.8) is 0 Å². The summed E-state index contributed by atoms with van der Waals surface area (Å²) in [6.45, 7) is 2.69. The van der Waals surface area contributed by atoms with Crippen molar-refractivity contribution in [2.75, 3.05) is 5.73 Å². The zero-order valence-corrected chi connectivity index (χ0v) is 11.5. The second-order valence-corrected chi connectivity index (χ2v) is 5.11. The molecule has 0 aliphatic carbocycles. The predicted molar refractivity (Wildman–Crippen MR) is 76.1 cm³/mol. The maximum Gasteiger partial charge on any atom is 0.201 e. The summed E-state index contributed by atoms with van der Waals surface area (Å²) in [5.74, 6) is -0.152. The van der Waals surface area contributed by atoms with Crippen molar-refractivity contribution in [1.29, 1.82) is 0 Å². The van der Waals surface area contributed by atoms with Gasteiger partial charge in [-0.15, -0.1) is 0 Å². The Hall–Kier alpha value is -2.08. The average Bonchev–Trinajstić information content (AvgIpc) is 2.97. The molecule has 1 atom stereocenters. The van der Waals surface area contributed by atoms with E-state index in [9.17, 15) is 4.39 Å². The van der Waals surface area contributed by atoms with Crippen molar-refractivity contribution in [3.05, 3.63) is 41.7 Å². The van der Waals surface area contributed by atoms with Crippen LogP contribution in [-0.2, 0) is 6.54 Å². The lowest BCUT2D eigenvalue weighted by atomic mass is 10.2. The third-order valence-electron chi connectivity index (χ3n) is 3.23. The van der Waals surface area contributed by atoms with Crippen LogP contribution in [-0.4, -0.2) is 19.1 Å². The van der Waals surface area contributed by atoms with E-state index in [1.54, 1.807) is 18.6 Å². The summed E-state index contributed by atoms with van der Waals surface area (Å²) in [7, 11) is 0. The van der Waals surface area contributed by atoms with Crippen LogP contribution in [0.15, 0.2) is 30.9 Å². The molecular weight excluding hydrogens is 281 g/mol. The summed E-state index contributed by atoms with van der Waals surface area (Å²) in [5, 5.41) is 0.0634. The Morgan fingerprint density at radius 1 is 1.45 bits per heavy atom. The molecule has 20 heavy (non-hydrogen) atoms. The highest BCUT2D eigenvalue weighted by atomic mass is 35.5. The maximum absolute atomic E-state index is 13.5. The molecule has 0 radical (unpaired) electrons. The van der Waals surface area contributed by atoms with Gasteiger partial charge in [0.2, 0.25) is 5.95 Å². The Morgan fingerprint density at radius 3 is 2.95 bits per heavy atom. The van der Waals surface area contributed by atoms with E-state index < -0.39 is 5.82 Å². The number of imidazole rings is 2. The second-order valence-electron chi connectivity index (χ2n) is 4.70. The summed E-state index contributed by atoms with van der Waals surface area (Å²) in [6.07, 6.45) is 5.32. The lowest BCUT2D eigenvalue weighted by Gasteiger charge is -2.16. The second kappa shape index (κ2) is 4.79. The fourth-order valence-electron chi connectivity index (χ4n) is 2.35. The SMILES string of the molecule is CC(Cn1ccnc1)n1c(N)nc2cc(F)c(Cl)cc21. The summed E-state index contributed by atoms with van der Waals surface area (Å²) >= 11 is 5.84. The van der Waals surface area contributed by atoms with Gasteiger partial charge in [-0.05, 0) is 13.0 Å². The predicted octanol–water partition coefficient (Wildman–Crippen LogP) is 2.87. The minimum Gasteiger partial charge on any atom is -0.369 e. The first-order valence-corrected chi connectivity index (χ1v) is 6.52. The summed E-state index contributed by atoms with van der Waals surface area (Å²) in [4.78, 5) is 8.19. The van der Waals surface area contributed by atoms with Crippen molar-refractivity contribution < 1.29 is 4.39 Å². The first-order chi connectivity index (χ1) is 9.56. The number of hydrogen-bond donors (Lipinski definition) is 1. The van der Waals surface area contributed by atoms with E-state index in [2.05, 4.69) is 9.97 Å². The molecule has 0 fully saturated rings. The number of anilines is 1. The molecule has 0 amide bonds. The van der Waals surface area contributed by atoms with E-state index in [0.29, 0.717) is 18.0 Å². The molecule has 2 N–H and O–H groups in total. The van der Waals surface area contributed by atoms with Crippen LogP contribution in [0.4, 0.5) is 10.3 Å². The molecular formula is C13H13ClFN5. The molecule has 1 aromatic carbocycles. The average molecular weight is 294 g/mol. The van der Waals surface area contributed by atoms with Gasteiger partial charge >= 0.3 is 0 Å². The van der Waals surface area contributed by atoms with Crippen LogP contribution >= 0.6 is 11.6 Å². The van der Waals surface area contributed by atoms with E-state index >= 15 is 0 Å². The van der Waals surface area contributed by atoms with Crippen LogP contribution in [0.3, 0.4) is 0 Å². The molecule has 104 valence electrons. The first-order valence-electron chi connectivity index (χ1n) is 6.14. The highest BCUT2D eigenvalue weighted by Gasteiger charge is 2.16. The molecule has 0 aliphatic heterocycles. The number of halogens is 2. The van der Waals surface area contributed by atoms with Crippen LogP contribution in [0, 0.1) is 5.82 Å². The van der Waals surface area contributed by atoms with Gasteiger partial charge in [0.05, 0.1) is 28.4 Å². The minimum absolute atomic E-state index is 0.0377. The van der Waals surface area contributed by atoms with Gasteiger partial charge in [-0.3, -0.25) is 0 Å². The molecule has 0 spiro atoms. The monoisotopic (exact) mass is 293 g/mol. The quantitative estimate of drug-likeness (QED) is 0.807. The van der Waals surface area contributed by atoms with Gasteiger partial charge in [-0.1, -0.05) is 11.6 Å². The third-order valence-corrected chi connectivity index (χ3v) is 3.52. The number of aromatic nitrogens is 4. The molecule has 0 aliphatic rings.